The molecule has 2 amide bonds. The van der Waals surface area contributed by atoms with Gasteiger partial charge in [0.05, 0.1) is 22.2 Å². The summed E-state index contributed by atoms with van der Waals surface area (Å²) in [6.07, 6.45) is -0.507. The van der Waals surface area contributed by atoms with E-state index in [1.54, 1.807) is 57.0 Å². The van der Waals surface area contributed by atoms with Crippen LogP contribution in [0.3, 0.4) is 0 Å². The van der Waals surface area contributed by atoms with Crippen molar-refractivity contribution in [3.8, 4) is 11.5 Å². The molecule has 7 nitrogen and oxygen atoms in total. The number of nitrogens with one attached hydrogen (secondary N) is 1. The van der Waals surface area contributed by atoms with Crippen molar-refractivity contribution in [2.75, 3.05) is 7.05 Å². The van der Waals surface area contributed by atoms with Crippen molar-refractivity contribution >= 4 is 51.1 Å². The maximum atomic E-state index is 13.3. The lowest BCUT2D eigenvalue weighted by atomic mass is 10.1. The largest absolute Gasteiger partial charge is 0.457 e. The Morgan fingerprint density at radius 3 is 2.32 bits per heavy atom. The van der Waals surface area contributed by atoms with Crippen LogP contribution >= 0.6 is 39.1 Å². The minimum Gasteiger partial charge on any atom is -0.457 e. The van der Waals surface area contributed by atoms with Gasteiger partial charge >= 0.3 is 6.09 Å². The quantitative estimate of drug-likeness (QED) is 0.301. The van der Waals surface area contributed by atoms with Gasteiger partial charge in [-0.25, -0.2) is 4.79 Å². The van der Waals surface area contributed by atoms with Crippen LogP contribution in [0.2, 0.25) is 10.0 Å². The third-order valence-electron chi connectivity index (χ3n) is 5.58. The highest BCUT2D eigenvalue weighted by Crippen LogP contribution is 2.32. The summed E-state index contributed by atoms with van der Waals surface area (Å²) in [7, 11) is 3.61. The fourth-order valence-corrected chi connectivity index (χ4v) is 4.33. The van der Waals surface area contributed by atoms with Gasteiger partial charge in [-0.15, -0.1) is 0 Å². The molecule has 10 heteroatoms. The molecule has 0 saturated heterocycles. The van der Waals surface area contributed by atoms with Gasteiger partial charge in [0.1, 0.15) is 17.1 Å². The molecule has 0 aliphatic rings. The van der Waals surface area contributed by atoms with Crippen molar-refractivity contribution in [1.82, 2.24) is 14.8 Å². The zero-order valence-electron chi connectivity index (χ0n) is 21.6. The Bertz CT molecular complexity index is 1320. The molecule has 1 heterocycles. The van der Waals surface area contributed by atoms with Crippen LogP contribution in [0, 0.1) is 6.92 Å². The maximum absolute atomic E-state index is 13.3. The van der Waals surface area contributed by atoms with Gasteiger partial charge in [0.25, 0.3) is 5.91 Å². The molecule has 1 aromatic heterocycles. The van der Waals surface area contributed by atoms with Crippen molar-refractivity contribution in [2.24, 2.45) is 7.05 Å². The average Bonchev–Trinajstić information content (AvgIpc) is 3.08. The van der Waals surface area contributed by atoms with Gasteiger partial charge in [-0.2, -0.15) is 0 Å². The smallest absolute Gasteiger partial charge is 0.407 e. The number of hydrogen-bond donors (Lipinski definition) is 1. The molecule has 0 atom stereocenters. The number of alkyl carbamates (subject to hydrolysis) is 1. The molecule has 3 rings (SSSR count). The zero-order chi connectivity index (χ0) is 27.5. The van der Waals surface area contributed by atoms with Crippen LogP contribution in [-0.4, -0.2) is 34.1 Å². The lowest BCUT2D eigenvalue weighted by molar-refractivity contribution is 0.0522. The van der Waals surface area contributed by atoms with Crippen LogP contribution in [0.25, 0.3) is 0 Å². The number of rotatable bonds is 7. The first-order valence-electron chi connectivity index (χ1n) is 11.5. The Kier molecular flexibility index (Phi) is 9.21. The number of halogens is 3. The third-order valence-corrected chi connectivity index (χ3v) is 7.06. The summed E-state index contributed by atoms with van der Waals surface area (Å²) in [5.74, 6) is 1.06. The predicted octanol–water partition coefficient (Wildman–Crippen LogP) is 7.49. The summed E-state index contributed by atoms with van der Waals surface area (Å²) < 4.78 is 13.9. The van der Waals surface area contributed by atoms with Crippen molar-refractivity contribution < 1.29 is 19.1 Å². The van der Waals surface area contributed by atoms with Gasteiger partial charge in [0.2, 0.25) is 0 Å². The first-order chi connectivity index (χ1) is 17.2. The van der Waals surface area contributed by atoms with E-state index in [-0.39, 0.29) is 12.5 Å². The molecule has 198 valence electrons. The van der Waals surface area contributed by atoms with Crippen LogP contribution in [0.5, 0.6) is 11.5 Å². The average molecular weight is 611 g/mol. The molecule has 0 aliphatic carbocycles. The summed E-state index contributed by atoms with van der Waals surface area (Å²) in [5, 5.41) is 3.61. The van der Waals surface area contributed by atoms with E-state index in [0.29, 0.717) is 33.7 Å². The number of hydrogen-bond acceptors (Lipinski definition) is 4. The molecule has 0 spiro atoms. The molecular formula is C27H30BrCl2N3O4. The number of carbonyl (C=O) groups excluding carboxylic acids is 2. The Morgan fingerprint density at radius 2 is 1.70 bits per heavy atom. The lowest BCUT2D eigenvalue weighted by Gasteiger charge is -2.19. The topological polar surface area (TPSA) is 72.8 Å². The van der Waals surface area contributed by atoms with Gasteiger partial charge in [-0.05, 0) is 63.6 Å². The zero-order valence-corrected chi connectivity index (χ0v) is 24.7. The second kappa shape index (κ2) is 11.8. The number of carbonyl (C=O) groups is 2. The van der Waals surface area contributed by atoms with Crippen molar-refractivity contribution in [1.29, 1.82) is 0 Å². The fraction of sp³-hybridized carbons (Fsp3) is 0.333. The molecule has 0 saturated carbocycles. The van der Waals surface area contributed by atoms with Crippen molar-refractivity contribution in [3.05, 3.63) is 79.5 Å². The molecule has 0 fully saturated rings. The van der Waals surface area contributed by atoms with E-state index >= 15 is 0 Å². The Balaban J connectivity index is 1.67. The first-order valence-corrected chi connectivity index (χ1v) is 13.1. The van der Waals surface area contributed by atoms with Gasteiger partial charge < -0.3 is 24.3 Å². The number of nitrogens with zero attached hydrogens (tertiary/aromatic N) is 2. The Hall–Kier alpha value is -2.68. The first kappa shape index (κ1) is 28.9. The Labute approximate surface area is 235 Å². The Morgan fingerprint density at radius 1 is 1.05 bits per heavy atom. The van der Waals surface area contributed by atoms with E-state index in [4.69, 9.17) is 32.7 Å². The van der Waals surface area contributed by atoms with E-state index < -0.39 is 11.7 Å². The number of amides is 2. The molecular weight excluding hydrogens is 581 g/mol. The van der Waals surface area contributed by atoms with Crippen molar-refractivity contribution in [2.45, 2.75) is 46.4 Å². The van der Waals surface area contributed by atoms with Gasteiger partial charge in [0, 0.05) is 42.6 Å². The van der Waals surface area contributed by atoms with Crippen LogP contribution in [0.15, 0.2) is 46.9 Å². The van der Waals surface area contributed by atoms with E-state index in [1.165, 1.54) is 0 Å². The summed E-state index contributed by atoms with van der Waals surface area (Å²) in [6, 6.07) is 12.4. The second-order valence-electron chi connectivity index (χ2n) is 9.64. The number of ether oxygens (including phenoxy) is 2. The van der Waals surface area contributed by atoms with E-state index in [9.17, 15) is 9.59 Å². The minimum atomic E-state index is -0.583. The maximum Gasteiger partial charge on any atom is 0.407 e. The molecule has 3 aromatic rings. The van der Waals surface area contributed by atoms with Gasteiger partial charge in [-0.1, -0.05) is 45.2 Å². The summed E-state index contributed by atoms with van der Waals surface area (Å²) in [4.78, 5) is 26.9. The molecule has 2 aromatic carbocycles. The highest BCUT2D eigenvalue weighted by molar-refractivity contribution is 9.10. The lowest BCUT2D eigenvalue weighted by Crippen LogP contribution is -2.32. The van der Waals surface area contributed by atoms with Crippen molar-refractivity contribution in [3.63, 3.8) is 0 Å². The van der Waals surface area contributed by atoms with Gasteiger partial charge in [0.15, 0.2) is 0 Å². The standard InChI is InChI=1S/C27H30BrCl2N3O4/c1-16-21(11-18(33(16)6)14-31-26(35)37-27(2,3)4)25(34)32(5)15-17-7-8-19(12-22(17)28)36-20-9-10-23(29)24(30)13-20/h7-13H,14-15H2,1-6H3,(H,31,35). The SMILES string of the molecule is Cc1c(C(=O)N(C)Cc2ccc(Oc3ccc(Cl)c(Cl)c3)cc2Br)cc(CNC(=O)OC(C)(C)C)n1C. The monoisotopic (exact) mass is 609 g/mol. The van der Waals surface area contributed by atoms with E-state index in [0.717, 1.165) is 21.4 Å². The number of benzene rings is 2. The van der Waals surface area contributed by atoms with Crippen LogP contribution in [-0.2, 0) is 24.9 Å². The predicted molar refractivity (Wildman–Crippen MR) is 150 cm³/mol. The normalized spacial score (nSPS) is 11.3. The summed E-state index contributed by atoms with van der Waals surface area (Å²) >= 11 is 15.6. The van der Waals surface area contributed by atoms with Gasteiger partial charge in [-0.3, -0.25) is 4.79 Å². The molecule has 0 aliphatic heterocycles. The van der Waals surface area contributed by atoms with E-state index in [2.05, 4.69) is 21.2 Å². The fourth-order valence-electron chi connectivity index (χ4n) is 3.56. The molecule has 0 unspecified atom stereocenters. The van der Waals surface area contributed by atoms with Crippen LogP contribution < -0.4 is 10.1 Å². The van der Waals surface area contributed by atoms with Crippen LogP contribution in [0.4, 0.5) is 4.79 Å². The summed E-state index contributed by atoms with van der Waals surface area (Å²) in [6.45, 7) is 7.92. The summed E-state index contributed by atoms with van der Waals surface area (Å²) in [5.41, 5.74) is 2.51. The second-order valence-corrected chi connectivity index (χ2v) is 11.3. The van der Waals surface area contributed by atoms with Crippen LogP contribution in [0.1, 0.15) is 48.1 Å². The molecule has 37 heavy (non-hydrogen) atoms. The number of aromatic nitrogens is 1. The van der Waals surface area contributed by atoms with E-state index in [1.807, 2.05) is 36.7 Å². The molecule has 0 radical (unpaired) electrons. The minimum absolute atomic E-state index is 0.125. The molecule has 1 N–H and O–H groups in total. The highest BCUT2D eigenvalue weighted by atomic mass is 79.9. The third kappa shape index (κ3) is 7.66. The molecule has 0 bridgehead atoms. The highest BCUT2D eigenvalue weighted by Gasteiger charge is 2.21.